The predicted octanol–water partition coefficient (Wildman–Crippen LogP) is 1.38. The van der Waals surface area contributed by atoms with Gasteiger partial charge < -0.3 is 10.4 Å². The van der Waals surface area contributed by atoms with Gasteiger partial charge >= 0.3 is 5.97 Å². The molecule has 2 rings (SSSR count). The van der Waals surface area contributed by atoms with Crippen LogP contribution in [0.5, 0.6) is 0 Å². The molecule has 0 aromatic heterocycles. The second kappa shape index (κ2) is 4.44. The molecule has 3 nitrogen and oxygen atoms in total. The lowest BCUT2D eigenvalue weighted by atomic mass is 9.95. The van der Waals surface area contributed by atoms with Crippen LogP contribution in [-0.4, -0.2) is 17.6 Å². The van der Waals surface area contributed by atoms with Gasteiger partial charge in [-0.05, 0) is 17.5 Å². The van der Waals surface area contributed by atoms with E-state index in [4.69, 9.17) is 5.11 Å². The number of carbonyl (C=O) groups is 1. The lowest BCUT2D eigenvalue weighted by Crippen LogP contribution is -2.34. The van der Waals surface area contributed by atoms with Crippen molar-refractivity contribution in [1.82, 2.24) is 5.32 Å². The molecule has 0 amide bonds. The standard InChI is InChI=1S/C10H11NO2.ClH/c12-10(13)9-8-4-2-1-3-7(8)5-6-11-9;/h1-4,9,11H,5-6H2,(H,12,13);1H/t9-;/m1./s1. The lowest BCUT2D eigenvalue weighted by Gasteiger charge is -2.23. The first kappa shape index (κ1) is 11.0. The van der Waals surface area contributed by atoms with E-state index in [9.17, 15) is 4.79 Å². The highest BCUT2D eigenvalue weighted by molar-refractivity contribution is 5.85. The van der Waals surface area contributed by atoms with Gasteiger partial charge in [0, 0.05) is 6.54 Å². The molecule has 1 aliphatic rings. The summed E-state index contributed by atoms with van der Waals surface area (Å²) in [6.45, 7) is 0.744. The van der Waals surface area contributed by atoms with E-state index in [1.54, 1.807) is 0 Å². The minimum absolute atomic E-state index is 0. The van der Waals surface area contributed by atoms with Crippen molar-refractivity contribution in [3.63, 3.8) is 0 Å². The molecular formula is C10H12ClNO2. The van der Waals surface area contributed by atoms with Gasteiger partial charge in [0.2, 0.25) is 0 Å². The number of rotatable bonds is 1. The molecule has 1 aromatic carbocycles. The van der Waals surface area contributed by atoms with Crippen LogP contribution in [0.2, 0.25) is 0 Å². The largest absolute Gasteiger partial charge is 0.480 e. The van der Waals surface area contributed by atoms with E-state index in [1.807, 2.05) is 24.3 Å². The minimum Gasteiger partial charge on any atom is -0.480 e. The Hall–Kier alpha value is -1.06. The number of carboxylic acids is 1. The Balaban J connectivity index is 0.000000980. The van der Waals surface area contributed by atoms with E-state index in [1.165, 1.54) is 0 Å². The molecule has 14 heavy (non-hydrogen) atoms. The molecule has 1 aromatic rings. The fraction of sp³-hybridized carbons (Fsp3) is 0.300. The molecule has 0 bridgehead atoms. The average molecular weight is 214 g/mol. The number of benzene rings is 1. The van der Waals surface area contributed by atoms with Gasteiger partial charge in [-0.2, -0.15) is 0 Å². The second-order valence-electron chi connectivity index (χ2n) is 3.17. The molecule has 0 saturated carbocycles. The summed E-state index contributed by atoms with van der Waals surface area (Å²) in [6.07, 6.45) is 0.917. The summed E-state index contributed by atoms with van der Waals surface area (Å²) in [5, 5.41) is 11.9. The van der Waals surface area contributed by atoms with Crippen LogP contribution in [0, 0.1) is 0 Å². The van der Waals surface area contributed by atoms with E-state index < -0.39 is 12.0 Å². The Kier molecular flexibility index (Phi) is 3.49. The van der Waals surface area contributed by atoms with E-state index in [-0.39, 0.29) is 12.4 Å². The van der Waals surface area contributed by atoms with Crippen molar-refractivity contribution in [1.29, 1.82) is 0 Å². The maximum atomic E-state index is 10.9. The Labute approximate surface area is 88.5 Å². The first-order valence-electron chi connectivity index (χ1n) is 4.33. The van der Waals surface area contributed by atoms with Crippen LogP contribution < -0.4 is 5.32 Å². The summed E-state index contributed by atoms with van der Waals surface area (Å²) in [5.41, 5.74) is 2.05. The van der Waals surface area contributed by atoms with E-state index in [0.29, 0.717) is 0 Å². The van der Waals surface area contributed by atoms with E-state index in [2.05, 4.69) is 5.32 Å². The van der Waals surface area contributed by atoms with Crippen molar-refractivity contribution in [3.8, 4) is 0 Å². The third-order valence-corrected chi connectivity index (χ3v) is 2.36. The highest BCUT2D eigenvalue weighted by atomic mass is 35.5. The van der Waals surface area contributed by atoms with Crippen LogP contribution in [-0.2, 0) is 11.2 Å². The minimum atomic E-state index is -0.799. The smallest absolute Gasteiger partial charge is 0.325 e. The van der Waals surface area contributed by atoms with Gasteiger partial charge in [-0.15, -0.1) is 12.4 Å². The number of carboxylic acid groups (broad SMARTS) is 1. The predicted molar refractivity (Wildman–Crippen MR) is 55.8 cm³/mol. The van der Waals surface area contributed by atoms with Gasteiger partial charge in [-0.3, -0.25) is 4.79 Å². The van der Waals surface area contributed by atoms with Crippen LogP contribution in [0.1, 0.15) is 17.2 Å². The number of nitrogens with one attached hydrogen (secondary N) is 1. The summed E-state index contributed by atoms with van der Waals surface area (Å²) in [7, 11) is 0. The summed E-state index contributed by atoms with van der Waals surface area (Å²) < 4.78 is 0. The van der Waals surface area contributed by atoms with Crippen molar-refractivity contribution in [3.05, 3.63) is 35.4 Å². The molecule has 1 aliphatic heterocycles. The molecule has 0 saturated heterocycles. The van der Waals surface area contributed by atoms with E-state index >= 15 is 0 Å². The summed E-state index contributed by atoms with van der Waals surface area (Å²) in [5.74, 6) is -0.799. The SMILES string of the molecule is Cl.O=C(O)[C@@H]1NCCc2ccccc21. The van der Waals surface area contributed by atoms with Gasteiger partial charge in [-0.1, -0.05) is 24.3 Å². The number of fused-ring (bicyclic) bond motifs is 1. The topological polar surface area (TPSA) is 49.3 Å². The van der Waals surface area contributed by atoms with Crippen molar-refractivity contribution < 1.29 is 9.90 Å². The third kappa shape index (κ3) is 1.89. The van der Waals surface area contributed by atoms with Crippen molar-refractivity contribution >= 4 is 18.4 Å². The molecular weight excluding hydrogens is 202 g/mol. The lowest BCUT2D eigenvalue weighted by molar-refractivity contribution is -0.139. The fourth-order valence-electron chi connectivity index (χ4n) is 1.72. The molecule has 1 heterocycles. The molecule has 0 fully saturated rings. The first-order valence-corrected chi connectivity index (χ1v) is 4.33. The molecule has 0 unspecified atom stereocenters. The van der Waals surface area contributed by atoms with Crippen molar-refractivity contribution in [2.75, 3.05) is 6.54 Å². The van der Waals surface area contributed by atoms with Gasteiger partial charge in [0.25, 0.3) is 0 Å². The normalized spacial score (nSPS) is 19.3. The van der Waals surface area contributed by atoms with Gasteiger partial charge in [0.1, 0.15) is 6.04 Å². The Bertz CT molecular complexity index is 341. The molecule has 76 valence electrons. The zero-order chi connectivity index (χ0) is 9.26. The molecule has 0 radical (unpaired) electrons. The summed E-state index contributed by atoms with van der Waals surface area (Å²) >= 11 is 0. The van der Waals surface area contributed by atoms with Gasteiger partial charge in [0.05, 0.1) is 0 Å². The van der Waals surface area contributed by atoms with Crippen molar-refractivity contribution in [2.45, 2.75) is 12.5 Å². The maximum absolute atomic E-state index is 10.9. The highest BCUT2D eigenvalue weighted by Gasteiger charge is 2.24. The summed E-state index contributed by atoms with van der Waals surface area (Å²) in [6, 6.07) is 7.17. The average Bonchev–Trinajstić information content (AvgIpc) is 2.17. The molecule has 2 N–H and O–H groups in total. The number of halogens is 1. The van der Waals surface area contributed by atoms with Crippen LogP contribution >= 0.6 is 12.4 Å². The Morgan fingerprint density at radius 2 is 2.14 bits per heavy atom. The van der Waals surface area contributed by atoms with Gasteiger partial charge in [0.15, 0.2) is 0 Å². The maximum Gasteiger partial charge on any atom is 0.325 e. The highest BCUT2D eigenvalue weighted by Crippen LogP contribution is 2.22. The number of hydrogen-bond donors (Lipinski definition) is 2. The van der Waals surface area contributed by atoms with Crippen LogP contribution in [0.25, 0.3) is 0 Å². The Morgan fingerprint density at radius 3 is 2.86 bits per heavy atom. The number of hydrogen-bond acceptors (Lipinski definition) is 2. The Morgan fingerprint density at radius 1 is 1.43 bits per heavy atom. The van der Waals surface area contributed by atoms with Crippen LogP contribution in [0.15, 0.2) is 24.3 Å². The molecule has 0 spiro atoms. The summed E-state index contributed by atoms with van der Waals surface area (Å²) in [4.78, 5) is 10.9. The zero-order valence-electron chi connectivity index (χ0n) is 7.56. The second-order valence-corrected chi connectivity index (χ2v) is 3.17. The van der Waals surface area contributed by atoms with Crippen LogP contribution in [0.4, 0.5) is 0 Å². The number of aliphatic carboxylic acids is 1. The molecule has 1 atom stereocenters. The van der Waals surface area contributed by atoms with Crippen molar-refractivity contribution in [2.24, 2.45) is 0 Å². The fourth-order valence-corrected chi connectivity index (χ4v) is 1.72. The first-order chi connectivity index (χ1) is 6.29. The van der Waals surface area contributed by atoms with E-state index in [0.717, 1.165) is 24.1 Å². The monoisotopic (exact) mass is 213 g/mol. The third-order valence-electron chi connectivity index (χ3n) is 2.36. The molecule has 0 aliphatic carbocycles. The quantitative estimate of drug-likeness (QED) is 0.741. The van der Waals surface area contributed by atoms with Crippen LogP contribution in [0.3, 0.4) is 0 Å². The van der Waals surface area contributed by atoms with Gasteiger partial charge in [-0.25, -0.2) is 0 Å². The zero-order valence-corrected chi connectivity index (χ0v) is 8.38. The molecule has 4 heteroatoms.